The average molecular weight is 658 g/mol. The number of ketones is 2. The van der Waals surface area contributed by atoms with Crippen molar-refractivity contribution in [2.24, 2.45) is 23.5 Å². The van der Waals surface area contributed by atoms with Crippen molar-refractivity contribution in [1.29, 1.82) is 0 Å². The Morgan fingerprint density at radius 3 is 2.11 bits per heavy atom. The lowest BCUT2D eigenvalue weighted by atomic mass is 9.72. The van der Waals surface area contributed by atoms with Crippen molar-refractivity contribution >= 4 is 34.9 Å². The van der Waals surface area contributed by atoms with Crippen molar-refractivity contribution in [2.45, 2.75) is 38.5 Å². The van der Waals surface area contributed by atoms with Gasteiger partial charge in [0.25, 0.3) is 0 Å². The van der Waals surface area contributed by atoms with E-state index >= 15 is 0 Å². The van der Waals surface area contributed by atoms with E-state index in [9.17, 15) is 47.7 Å². The third-order valence-corrected chi connectivity index (χ3v) is 8.00. The molecule has 3 atom stereocenters. The van der Waals surface area contributed by atoms with Gasteiger partial charge < -0.3 is 36.4 Å². The van der Waals surface area contributed by atoms with Gasteiger partial charge in [-0.3, -0.25) is 14.4 Å². The number of phenols is 1. The summed E-state index contributed by atoms with van der Waals surface area (Å²) in [4.78, 5) is 49.7. The molecule has 47 heavy (non-hydrogen) atoms. The minimum absolute atomic E-state index is 0.0736. The summed E-state index contributed by atoms with van der Waals surface area (Å²) in [6.07, 6.45) is -4.49. The number of primary amides is 1. The number of rotatable bonds is 13. The Kier molecular flexibility index (Phi) is 11.2. The Bertz CT molecular complexity index is 1610. The molecule has 0 radical (unpaired) electrons. The van der Waals surface area contributed by atoms with Crippen LogP contribution in [-0.2, 0) is 16.0 Å². The van der Waals surface area contributed by atoms with Crippen molar-refractivity contribution in [3.05, 3.63) is 71.8 Å². The second-order valence-electron chi connectivity index (χ2n) is 11.3. The molecule has 0 saturated heterocycles. The summed E-state index contributed by atoms with van der Waals surface area (Å²) >= 11 is 0. The molecule has 0 saturated carbocycles. The largest absolute Gasteiger partial charge is 0.573 e. The molecule has 3 aromatic rings. The molecule has 7 N–H and O–H groups in total. The average Bonchev–Trinajstić information content (AvgIpc) is 2.98. The fourth-order valence-corrected chi connectivity index (χ4v) is 5.98. The van der Waals surface area contributed by atoms with Gasteiger partial charge in [-0.25, -0.2) is 4.79 Å². The van der Waals surface area contributed by atoms with Gasteiger partial charge in [0.2, 0.25) is 5.91 Å². The molecule has 0 aliphatic heterocycles. The first-order valence-corrected chi connectivity index (χ1v) is 14.7. The maximum absolute atomic E-state index is 13.3. The van der Waals surface area contributed by atoms with Crippen molar-refractivity contribution in [3.63, 3.8) is 0 Å². The molecule has 3 unspecified atom stereocenters. The third-order valence-electron chi connectivity index (χ3n) is 8.00. The molecule has 4 rings (SSSR count). The van der Waals surface area contributed by atoms with Crippen LogP contribution in [0, 0.1) is 17.8 Å². The molecule has 11 nitrogen and oxygen atoms in total. The number of halogens is 3. The predicted octanol–water partition coefficient (Wildman–Crippen LogP) is 4.79. The number of urea groups is 1. The number of alkyl halides is 3. The van der Waals surface area contributed by atoms with Gasteiger partial charge in [-0.1, -0.05) is 18.2 Å². The summed E-state index contributed by atoms with van der Waals surface area (Å²) in [6, 6.07) is 13.7. The Labute approximate surface area is 267 Å². The second kappa shape index (κ2) is 15.1. The van der Waals surface area contributed by atoms with Crippen molar-refractivity contribution in [1.82, 2.24) is 0 Å². The highest BCUT2D eigenvalue weighted by atomic mass is 19.4. The van der Waals surface area contributed by atoms with Gasteiger partial charge in [-0.15, -0.1) is 13.2 Å². The van der Waals surface area contributed by atoms with E-state index < -0.39 is 54.7 Å². The summed E-state index contributed by atoms with van der Waals surface area (Å²) in [6.45, 7) is -0.808. The predicted molar refractivity (Wildman–Crippen MR) is 165 cm³/mol. The summed E-state index contributed by atoms with van der Waals surface area (Å²) in [5.74, 6) is -4.00. The first-order valence-electron chi connectivity index (χ1n) is 14.7. The number of nitrogens with two attached hydrogens (primary N) is 1. The monoisotopic (exact) mass is 657 g/mol. The van der Waals surface area contributed by atoms with Gasteiger partial charge in [0, 0.05) is 30.3 Å². The minimum atomic E-state index is -4.84. The Morgan fingerprint density at radius 1 is 0.936 bits per heavy atom. The summed E-state index contributed by atoms with van der Waals surface area (Å²) in [5.41, 5.74) is 7.92. The maximum atomic E-state index is 13.3. The van der Waals surface area contributed by atoms with E-state index in [1.165, 1.54) is 18.2 Å². The topological polar surface area (TPSA) is 188 Å². The van der Waals surface area contributed by atoms with Gasteiger partial charge >= 0.3 is 12.4 Å². The first kappa shape index (κ1) is 34.9. The lowest BCUT2D eigenvalue weighted by molar-refractivity contribution is -0.274. The molecule has 250 valence electrons. The van der Waals surface area contributed by atoms with E-state index in [4.69, 9.17) is 5.73 Å². The molecule has 1 aliphatic rings. The quantitative estimate of drug-likeness (QED) is 0.142. The number of carbonyl (C=O) groups excluding carboxylic acids is 4. The number of anilines is 2. The molecule has 0 aromatic heterocycles. The van der Waals surface area contributed by atoms with Crippen LogP contribution in [0.15, 0.2) is 60.7 Å². The lowest BCUT2D eigenvalue weighted by Gasteiger charge is -2.31. The van der Waals surface area contributed by atoms with E-state index in [2.05, 4.69) is 15.4 Å². The number of phenolic OH excluding ortho intramolecular Hbond substituents is 1. The van der Waals surface area contributed by atoms with Gasteiger partial charge in [-0.2, -0.15) is 0 Å². The number of ether oxygens (including phenoxy) is 1. The lowest BCUT2D eigenvalue weighted by Crippen LogP contribution is -2.33. The number of aromatic hydroxyl groups is 1. The molecule has 0 bridgehead atoms. The zero-order valence-corrected chi connectivity index (χ0v) is 25.0. The smallest absolute Gasteiger partial charge is 0.507 e. The SMILES string of the molecule is NC(=O)CC(=O)C(CO)C(CCO)CC1CC(=O)c2c(O)ccc(-c3ccc(NC(=O)Nc4ccc(OC(F)(F)F)cc4)cc3)c2C1. The molecule has 3 amide bonds. The summed E-state index contributed by atoms with van der Waals surface area (Å²) < 4.78 is 40.9. The van der Waals surface area contributed by atoms with Crippen LogP contribution < -0.4 is 21.1 Å². The van der Waals surface area contributed by atoms with Crippen LogP contribution in [0.5, 0.6) is 11.5 Å². The molecule has 1 aliphatic carbocycles. The number of hydrogen-bond acceptors (Lipinski definition) is 8. The third kappa shape index (κ3) is 9.30. The van der Waals surface area contributed by atoms with E-state index in [0.29, 0.717) is 35.2 Å². The van der Waals surface area contributed by atoms with Crippen LogP contribution in [-0.4, -0.2) is 58.4 Å². The Hall–Kier alpha value is -4.95. The van der Waals surface area contributed by atoms with E-state index in [1.54, 1.807) is 30.3 Å². The van der Waals surface area contributed by atoms with E-state index in [1.807, 2.05) is 0 Å². The van der Waals surface area contributed by atoms with Gasteiger partial charge in [-0.05, 0) is 90.3 Å². The highest BCUT2D eigenvalue weighted by Gasteiger charge is 2.35. The number of hydrogen-bond donors (Lipinski definition) is 6. The number of aliphatic hydroxyl groups excluding tert-OH is 2. The van der Waals surface area contributed by atoms with Gasteiger partial charge in [0.05, 0.1) is 18.6 Å². The number of carbonyl (C=O) groups is 4. The Balaban J connectivity index is 1.48. The Morgan fingerprint density at radius 2 is 1.55 bits per heavy atom. The van der Waals surface area contributed by atoms with Crippen LogP contribution in [0.1, 0.15) is 41.6 Å². The molecular formula is C33H34F3N3O8. The van der Waals surface area contributed by atoms with Crippen LogP contribution in [0.4, 0.5) is 29.3 Å². The minimum Gasteiger partial charge on any atom is -0.507 e. The van der Waals surface area contributed by atoms with E-state index in [0.717, 1.165) is 12.1 Å². The van der Waals surface area contributed by atoms with Gasteiger partial charge in [0.1, 0.15) is 17.3 Å². The zero-order valence-electron chi connectivity index (χ0n) is 25.0. The second-order valence-corrected chi connectivity index (χ2v) is 11.3. The summed E-state index contributed by atoms with van der Waals surface area (Å²) in [5, 5.41) is 35.3. The number of fused-ring (bicyclic) bond motifs is 1. The van der Waals surface area contributed by atoms with Crippen molar-refractivity contribution in [2.75, 3.05) is 23.8 Å². The highest BCUT2D eigenvalue weighted by molar-refractivity contribution is 6.03. The molecule has 0 spiro atoms. The number of nitrogens with one attached hydrogen (secondary N) is 2. The highest BCUT2D eigenvalue weighted by Crippen LogP contribution is 2.41. The number of benzene rings is 3. The van der Waals surface area contributed by atoms with Crippen molar-refractivity contribution in [3.8, 4) is 22.6 Å². The van der Waals surface area contributed by atoms with E-state index in [-0.39, 0.29) is 48.2 Å². The fourth-order valence-electron chi connectivity index (χ4n) is 5.98. The van der Waals surface area contributed by atoms with Crippen LogP contribution in [0.3, 0.4) is 0 Å². The van der Waals surface area contributed by atoms with Crippen LogP contribution in [0.2, 0.25) is 0 Å². The fraction of sp³-hybridized carbons (Fsp3) is 0.333. The standard InChI is InChI=1S/C33H34F3N3O8/c34-33(35,36)47-23-7-5-22(6-8-23)39-32(46)38-21-3-1-19(2-4-21)24-9-10-27(42)31-25(24)14-18(15-29(31)44)13-20(11-12-40)26(17-41)28(43)16-30(37)45/h1-10,18,20,26,40-42H,11-17H2,(H2,37,45)(H2,38,39,46). The molecule has 0 heterocycles. The molecule has 3 aromatic carbocycles. The van der Waals surface area contributed by atoms with Crippen molar-refractivity contribution < 1.29 is 52.4 Å². The molecule has 0 fully saturated rings. The number of aliphatic hydroxyl groups is 2. The van der Waals surface area contributed by atoms with Crippen LogP contribution in [0.25, 0.3) is 11.1 Å². The molecular weight excluding hydrogens is 623 g/mol. The first-order chi connectivity index (χ1) is 22.3. The maximum Gasteiger partial charge on any atom is 0.573 e. The van der Waals surface area contributed by atoms with Crippen LogP contribution >= 0.6 is 0 Å². The normalized spacial score (nSPS) is 15.7. The molecule has 14 heteroatoms. The number of amides is 3. The zero-order chi connectivity index (χ0) is 34.3. The van der Waals surface area contributed by atoms with Gasteiger partial charge in [0.15, 0.2) is 5.78 Å². The summed E-state index contributed by atoms with van der Waals surface area (Å²) in [7, 11) is 0. The number of Topliss-reactive ketones (excluding diaryl/α,β-unsaturated/α-hetero) is 2.